The maximum atomic E-state index is 14.1. The number of carbonyl (C=O) groups is 1. The fourth-order valence-corrected chi connectivity index (χ4v) is 4.56. The van der Waals surface area contributed by atoms with Crippen LogP contribution in [0.3, 0.4) is 0 Å². The summed E-state index contributed by atoms with van der Waals surface area (Å²) in [5.74, 6) is -3.92. The smallest absolute Gasteiger partial charge is 0.432 e. The molecular formula is C19H22F3O7P. The SMILES string of the molecule is CCOP(=O)(OCC)[C@H](OC(=O)[C@](OC)(c1ccccc1)C(F)(F)F)c1ccco1. The average Bonchev–Trinajstić information content (AvgIpc) is 3.21. The van der Waals surface area contributed by atoms with Gasteiger partial charge >= 0.3 is 19.7 Å². The Morgan fingerprint density at radius 1 is 1.07 bits per heavy atom. The lowest BCUT2D eigenvalue weighted by Gasteiger charge is -2.34. The van der Waals surface area contributed by atoms with Crippen LogP contribution in [0.1, 0.15) is 31.0 Å². The number of carbonyl (C=O) groups excluding carboxylic acids is 1. The van der Waals surface area contributed by atoms with E-state index in [0.717, 1.165) is 19.2 Å². The Hall–Kier alpha value is -2.13. The Morgan fingerprint density at radius 2 is 1.67 bits per heavy atom. The zero-order chi connectivity index (χ0) is 22.4. The van der Waals surface area contributed by atoms with Crippen LogP contribution in [0.2, 0.25) is 0 Å². The van der Waals surface area contributed by atoms with E-state index in [9.17, 15) is 22.5 Å². The number of benzene rings is 1. The Bertz CT molecular complexity index is 845. The summed E-state index contributed by atoms with van der Waals surface area (Å²) < 4.78 is 80.9. The number of rotatable bonds is 10. The number of esters is 1. The molecule has 166 valence electrons. The zero-order valence-corrected chi connectivity index (χ0v) is 17.4. The van der Waals surface area contributed by atoms with Crippen LogP contribution in [0.5, 0.6) is 0 Å². The van der Waals surface area contributed by atoms with Crippen LogP contribution < -0.4 is 0 Å². The molecule has 0 unspecified atom stereocenters. The molecule has 0 saturated heterocycles. The molecule has 7 nitrogen and oxygen atoms in total. The molecule has 2 rings (SSSR count). The molecule has 0 aliphatic heterocycles. The first-order valence-corrected chi connectivity index (χ1v) is 10.6. The van der Waals surface area contributed by atoms with Crippen LogP contribution in [0.4, 0.5) is 13.2 Å². The minimum atomic E-state index is -5.20. The highest BCUT2D eigenvalue weighted by Gasteiger charge is 2.65. The fourth-order valence-electron chi connectivity index (χ4n) is 2.81. The van der Waals surface area contributed by atoms with Crippen molar-refractivity contribution < 1.29 is 45.5 Å². The first-order valence-electron chi connectivity index (χ1n) is 8.97. The van der Waals surface area contributed by atoms with Gasteiger partial charge in [0.15, 0.2) is 5.76 Å². The van der Waals surface area contributed by atoms with Gasteiger partial charge in [0.25, 0.3) is 11.4 Å². The molecular weight excluding hydrogens is 428 g/mol. The summed E-state index contributed by atoms with van der Waals surface area (Å²) in [5.41, 5.74) is -3.98. The Kier molecular flexibility index (Phi) is 7.87. The second-order valence-electron chi connectivity index (χ2n) is 5.90. The van der Waals surface area contributed by atoms with Crippen LogP contribution in [-0.2, 0) is 33.5 Å². The van der Waals surface area contributed by atoms with Crippen molar-refractivity contribution in [2.45, 2.75) is 31.5 Å². The quantitative estimate of drug-likeness (QED) is 0.364. The van der Waals surface area contributed by atoms with Gasteiger partial charge in [-0.3, -0.25) is 4.57 Å². The number of hydrogen-bond acceptors (Lipinski definition) is 7. The summed E-state index contributed by atoms with van der Waals surface area (Å²) in [6.07, 6.45) is -4.02. The van der Waals surface area contributed by atoms with E-state index in [0.29, 0.717) is 0 Å². The third-order valence-corrected chi connectivity index (χ3v) is 6.25. The normalized spacial score (nSPS) is 15.4. The molecule has 11 heteroatoms. The van der Waals surface area contributed by atoms with E-state index < -0.39 is 36.8 Å². The molecule has 0 N–H and O–H groups in total. The van der Waals surface area contributed by atoms with Crippen LogP contribution in [0.15, 0.2) is 53.1 Å². The van der Waals surface area contributed by atoms with Crippen LogP contribution in [-0.4, -0.2) is 32.5 Å². The van der Waals surface area contributed by atoms with Crippen molar-refractivity contribution in [1.29, 1.82) is 0 Å². The highest BCUT2D eigenvalue weighted by molar-refractivity contribution is 7.54. The van der Waals surface area contributed by atoms with E-state index in [1.807, 2.05) is 0 Å². The van der Waals surface area contributed by atoms with Gasteiger partial charge in [-0.2, -0.15) is 13.2 Å². The molecule has 2 atom stereocenters. The summed E-state index contributed by atoms with van der Waals surface area (Å²) >= 11 is 0. The van der Waals surface area contributed by atoms with Crippen molar-refractivity contribution in [3.63, 3.8) is 0 Å². The largest absolute Gasteiger partial charge is 0.465 e. The van der Waals surface area contributed by atoms with Crippen molar-refractivity contribution in [2.24, 2.45) is 0 Å². The lowest BCUT2D eigenvalue weighted by molar-refractivity contribution is -0.277. The zero-order valence-electron chi connectivity index (χ0n) is 16.5. The molecule has 0 amide bonds. The second kappa shape index (κ2) is 9.78. The van der Waals surface area contributed by atoms with Gasteiger partial charge in [0.05, 0.1) is 19.5 Å². The van der Waals surface area contributed by atoms with Crippen molar-refractivity contribution in [3.05, 3.63) is 60.1 Å². The predicted molar refractivity (Wildman–Crippen MR) is 99.6 cm³/mol. The topological polar surface area (TPSA) is 84.2 Å². The molecule has 0 aliphatic rings. The molecule has 0 bridgehead atoms. The van der Waals surface area contributed by atoms with Crippen molar-refractivity contribution >= 4 is 13.6 Å². The van der Waals surface area contributed by atoms with E-state index in [1.165, 1.54) is 50.4 Å². The van der Waals surface area contributed by atoms with E-state index in [-0.39, 0.29) is 19.0 Å². The van der Waals surface area contributed by atoms with Gasteiger partial charge < -0.3 is 22.9 Å². The molecule has 0 fully saturated rings. The number of hydrogen-bond donors (Lipinski definition) is 0. The Labute approximate surface area is 171 Å². The third-order valence-electron chi connectivity index (χ3n) is 4.08. The molecule has 30 heavy (non-hydrogen) atoms. The van der Waals surface area contributed by atoms with Crippen LogP contribution in [0, 0.1) is 0 Å². The van der Waals surface area contributed by atoms with Gasteiger partial charge in [0.1, 0.15) is 0 Å². The van der Waals surface area contributed by atoms with E-state index in [2.05, 4.69) is 0 Å². The molecule has 0 spiro atoms. The minimum absolute atomic E-state index is 0.112. The van der Waals surface area contributed by atoms with Crippen LogP contribution >= 0.6 is 7.60 Å². The van der Waals surface area contributed by atoms with E-state index in [1.54, 1.807) is 0 Å². The van der Waals surface area contributed by atoms with E-state index in [4.69, 9.17) is 22.9 Å². The predicted octanol–water partition coefficient (Wildman–Crippen LogP) is 5.19. The highest BCUT2D eigenvalue weighted by atomic mass is 31.2. The Morgan fingerprint density at radius 3 is 2.10 bits per heavy atom. The number of methoxy groups -OCH3 is 1. The highest BCUT2D eigenvalue weighted by Crippen LogP contribution is 2.62. The Balaban J connectivity index is 2.57. The number of halogens is 3. The summed E-state index contributed by atoms with van der Waals surface area (Å²) in [6.45, 7) is 2.79. The molecule has 2 aromatic rings. The van der Waals surface area contributed by atoms with Crippen LogP contribution in [0.25, 0.3) is 0 Å². The number of ether oxygens (including phenoxy) is 2. The molecule has 1 heterocycles. The standard InChI is InChI=1S/C19H22F3O7P/c1-4-27-30(24,28-5-2)16(15-12-9-13-26-15)29-17(23)18(25-3,19(20,21)22)14-10-7-6-8-11-14/h6-13,16H,4-5H2,1-3H3/t16-,18+/m0/s1. The van der Waals surface area contributed by atoms with Gasteiger partial charge in [-0.1, -0.05) is 30.3 Å². The molecule has 0 radical (unpaired) electrons. The average molecular weight is 450 g/mol. The van der Waals surface area contributed by atoms with Gasteiger partial charge in [-0.05, 0) is 26.0 Å². The molecule has 1 aromatic carbocycles. The maximum absolute atomic E-state index is 14.1. The van der Waals surface area contributed by atoms with Crippen molar-refractivity contribution in [2.75, 3.05) is 20.3 Å². The lowest BCUT2D eigenvalue weighted by atomic mass is 9.93. The van der Waals surface area contributed by atoms with Gasteiger partial charge in [-0.25, -0.2) is 4.79 Å². The van der Waals surface area contributed by atoms with Gasteiger partial charge in [-0.15, -0.1) is 0 Å². The molecule has 0 saturated carbocycles. The monoisotopic (exact) mass is 450 g/mol. The summed E-state index contributed by atoms with van der Waals surface area (Å²) in [4.78, 5) is 13.0. The fraction of sp³-hybridized carbons (Fsp3) is 0.421. The van der Waals surface area contributed by atoms with Gasteiger partial charge in [0, 0.05) is 12.7 Å². The number of alkyl halides is 3. The van der Waals surface area contributed by atoms with Crippen molar-refractivity contribution in [3.8, 4) is 0 Å². The van der Waals surface area contributed by atoms with Gasteiger partial charge in [0.2, 0.25) is 0 Å². The third kappa shape index (κ3) is 4.62. The minimum Gasteiger partial charge on any atom is -0.465 e. The first-order chi connectivity index (χ1) is 14.2. The van der Waals surface area contributed by atoms with Crippen molar-refractivity contribution in [1.82, 2.24) is 0 Å². The summed E-state index contributed by atoms with van der Waals surface area (Å²) in [7, 11) is -3.53. The maximum Gasteiger partial charge on any atom is 0.432 e. The summed E-state index contributed by atoms with van der Waals surface area (Å²) in [6, 6.07) is 8.94. The first kappa shape index (κ1) is 24.1. The lowest BCUT2D eigenvalue weighted by Crippen LogP contribution is -2.52. The number of furan rings is 1. The van der Waals surface area contributed by atoms with E-state index >= 15 is 0 Å². The molecule has 1 aromatic heterocycles. The molecule has 0 aliphatic carbocycles. The summed E-state index contributed by atoms with van der Waals surface area (Å²) in [5, 5.41) is 0. The second-order valence-corrected chi connectivity index (χ2v) is 7.96.